The lowest BCUT2D eigenvalue weighted by atomic mass is 10.3. The Morgan fingerprint density at radius 2 is 1.73 bits per heavy atom. The van der Waals surface area contributed by atoms with Crippen molar-refractivity contribution < 1.29 is 4.79 Å². The Morgan fingerprint density at radius 3 is 2.27 bits per heavy atom. The summed E-state index contributed by atoms with van der Waals surface area (Å²) in [4.78, 5) is 36.4. The van der Waals surface area contributed by atoms with Gasteiger partial charge in [-0.2, -0.15) is 4.68 Å². The third-order valence-corrected chi connectivity index (χ3v) is 3.41. The average Bonchev–Trinajstić information content (AvgIpc) is 2.87. The van der Waals surface area contributed by atoms with Crippen LogP contribution in [0.3, 0.4) is 0 Å². The minimum Gasteiger partial charge on any atom is -0.369 e. The number of fused-ring (bicyclic) bond motifs is 1. The van der Waals surface area contributed by atoms with E-state index in [4.69, 9.17) is 0 Å². The Morgan fingerprint density at radius 1 is 1.09 bits per heavy atom. The zero-order valence-electron chi connectivity index (χ0n) is 13.1. The maximum Gasteiger partial charge on any atom is 0.332 e. The van der Waals surface area contributed by atoms with E-state index in [9.17, 15) is 14.4 Å². The summed E-state index contributed by atoms with van der Waals surface area (Å²) in [6.45, 7) is 7.03. The molecular weight excluding hydrogens is 286 g/mol. The van der Waals surface area contributed by atoms with Crippen LogP contribution in [0.2, 0.25) is 0 Å². The van der Waals surface area contributed by atoms with Gasteiger partial charge in [0.2, 0.25) is 6.41 Å². The van der Waals surface area contributed by atoms with Gasteiger partial charge in [-0.3, -0.25) is 18.7 Å². The molecule has 2 heterocycles. The number of anilines is 1. The summed E-state index contributed by atoms with van der Waals surface area (Å²) in [5.41, 5.74) is -0.523. The van der Waals surface area contributed by atoms with Crippen LogP contribution in [0.25, 0.3) is 11.0 Å². The Labute approximate surface area is 127 Å². The second-order valence-corrected chi connectivity index (χ2v) is 5.02. The van der Waals surface area contributed by atoms with Crippen LogP contribution in [-0.4, -0.2) is 31.9 Å². The first-order chi connectivity index (χ1) is 10.6. The first-order valence-corrected chi connectivity index (χ1v) is 7.55. The maximum absolute atomic E-state index is 12.7. The van der Waals surface area contributed by atoms with Gasteiger partial charge in [0.25, 0.3) is 5.56 Å². The molecule has 0 radical (unpaired) electrons. The number of carbonyl (C=O) groups is 1. The number of aryl methyl sites for hydroxylation is 1. The molecule has 0 saturated carbocycles. The number of carbonyl (C=O) groups excluding carboxylic acids is 1. The lowest BCUT2D eigenvalue weighted by Gasteiger charge is -2.10. The van der Waals surface area contributed by atoms with Crippen molar-refractivity contribution in [1.29, 1.82) is 0 Å². The van der Waals surface area contributed by atoms with E-state index in [1.54, 1.807) is 0 Å². The summed E-state index contributed by atoms with van der Waals surface area (Å²) in [7, 11) is 0. The van der Waals surface area contributed by atoms with Gasteiger partial charge in [-0.15, -0.1) is 5.10 Å². The van der Waals surface area contributed by atoms with Gasteiger partial charge in [-0.25, -0.2) is 4.79 Å². The van der Waals surface area contributed by atoms with Crippen LogP contribution < -0.4 is 16.6 Å². The van der Waals surface area contributed by atoms with Crippen molar-refractivity contribution in [3.8, 4) is 0 Å². The zero-order valence-corrected chi connectivity index (χ0v) is 13.1. The van der Waals surface area contributed by atoms with Crippen LogP contribution in [-0.2, 0) is 17.9 Å². The fourth-order valence-electron chi connectivity index (χ4n) is 2.53. The van der Waals surface area contributed by atoms with Gasteiger partial charge in [-0.05, 0) is 19.8 Å². The molecule has 0 aromatic carbocycles. The van der Waals surface area contributed by atoms with E-state index in [2.05, 4.69) is 10.4 Å². The summed E-state index contributed by atoms with van der Waals surface area (Å²) in [5.74, 6) is 0.340. The largest absolute Gasteiger partial charge is 0.369 e. The van der Waals surface area contributed by atoms with Gasteiger partial charge >= 0.3 is 5.69 Å². The van der Waals surface area contributed by atoms with Crippen molar-refractivity contribution in [2.75, 3.05) is 11.9 Å². The molecule has 8 heteroatoms. The topological polar surface area (TPSA) is 90.9 Å². The van der Waals surface area contributed by atoms with Crippen LogP contribution in [0.1, 0.15) is 33.6 Å². The van der Waals surface area contributed by atoms with E-state index < -0.39 is 5.56 Å². The highest BCUT2D eigenvalue weighted by Gasteiger charge is 2.21. The second-order valence-electron chi connectivity index (χ2n) is 5.02. The SMILES string of the molecule is CCCn1c(=O)c2c(NCC)n(C=O)nc2n(CCC)c1=O. The Bertz CT molecular complexity index is 799. The van der Waals surface area contributed by atoms with Crippen LogP contribution in [0.15, 0.2) is 9.59 Å². The summed E-state index contributed by atoms with van der Waals surface area (Å²) in [6.07, 6.45) is 1.93. The number of rotatable bonds is 7. The monoisotopic (exact) mass is 307 g/mol. The fourth-order valence-corrected chi connectivity index (χ4v) is 2.53. The highest BCUT2D eigenvalue weighted by molar-refractivity contribution is 5.90. The summed E-state index contributed by atoms with van der Waals surface area (Å²) in [6, 6.07) is 0. The molecule has 0 aliphatic heterocycles. The van der Waals surface area contributed by atoms with Gasteiger partial charge in [-0.1, -0.05) is 13.8 Å². The highest BCUT2D eigenvalue weighted by Crippen LogP contribution is 2.18. The standard InChI is InChI=1S/C14H21N5O3/c1-4-7-17-12-10(11(15-6-3)19(9-20)16-12)13(21)18(8-5-2)14(17)22/h9,15H,4-8H2,1-3H3. The molecule has 0 bridgehead atoms. The summed E-state index contributed by atoms with van der Waals surface area (Å²) in [5, 5.41) is 7.40. The third-order valence-electron chi connectivity index (χ3n) is 3.41. The van der Waals surface area contributed by atoms with E-state index in [0.29, 0.717) is 38.3 Å². The lowest BCUT2D eigenvalue weighted by molar-refractivity contribution is 0.539. The second kappa shape index (κ2) is 6.59. The predicted molar refractivity (Wildman–Crippen MR) is 85.1 cm³/mol. The highest BCUT2D eigenvalue weighted by atomic mass is 16.2. The van der Waals surface area contributed by atoms with E-state index in [1.807, 2.05) is 20.8 Å². The number of nitrogens with zero attached hydrogens (tertiary/aromatic N) is 4. The molecule has 0 aliphatic rings. The van der Waals surface area contributed by atoms with Crippen LogP contribution in [0.5, 0.6) is 0 Å². The maximum atomic E-state index is 12.7. The van der Waals surface area contributed by atoms with E-state index in [1.165, 1.54) is 9.13 Å². The average molecular weight is 307 g/mol. The van der Waals surface area contributed by atoms with Crippen molar-refractivity contribution in [2.24, 2.45) is 0 Å². The normalized spacial score (nSPS) is 11.0. The van der Waals surface area contributed by atoms with Gasteiger partial charge in [0, 0.05) is 19.6 Å². The third kappa shape index (κ3) is 2.44. The predicted octanol–water partition coefficient (Wildman–Crippen LogP) is 0.650. The van der Waals surface area contributed by atoms with E-state index in [-0.39, 0.29) is 16.7 Å². The molecule has 0 spiro atoms. The number of aromatic nitrogens is 4. The zero-order chi connectivity index (χ0) is 16.3. The minimum absolute atomic E-state index is 0.257. The van der Waals surface area contributed by atoms with Crippen LogP contribution >= 0.6 is 0 Å². The molecule has 8 nitrogen and oxygen atoms in total. The fraction of sp³-hybridized carbons (Fsp3) is 0.571. The lowest BCUT2D eigenvalue weighted by Crippen LogP contribution is -2.40. The Balaban J connectivity index is 2.95. The van der Waals surface area contributed by atoms with Crippen molar-refractivity contribution in [3.05, 3.63) is 20.8 Å². The molecule has 1 N–H and O–H groups in total. The molecule has 0 amide bonds. The molecule has 0 unspecified atom stereocenters. The molecule has 2 aromatic rings. The van der Waals surface area contributed by atoms with Crippen molar-refractivity contribution in [2.45, 2.75) is 46.7 Å². The first kappa shape index (κ1) is 16.0. The van der Waals surface area contributed by atoms with Crippen molar-refractivity contribution in [3.63, 3.8) is 0 Å². The number of nitrogens with one attached hydrogen (secondary N) is 1. The van der Waals surface area contributed by atoms with Crippen molar-refractivity contribution in [1.82, 2.24) is 18.9 Å². The molecule has 2 rings (SSSR count). The first-order valence-electron chi connectivity index (χ1n) is 7.55. The molecule has 2 aromatic heterocycles. The Kier molecular flexibility index (Phi) is 4.79. The van der Waals surface area contributed by atoms with Gasteiger partial charge in [0.1, 0.15) is 11.2 Å². The molecule has 0 saturated heterocycles. The minimum atomic E-state index is -0.404. The van der Waals surface area contributed by atoms with E-state index in [0.717, 1.165) is 11.1 Å². The molecule has 0 atom stereocenters. The summed E-state index contributed by atoms with van der Waals surface area (Å²) >= 11 is 0. The molecule has 0 fully saturated rings. The molecule has 22 heavy (non-hydrogen) atoms. The summed E-state index contributed by atoms with van der Waals surface area (Å²) < 4.78 is 3.76. The van der Waals surface area contributed by atoms with Crippen molar-refractivity contribution >= 4 is 23.3 Å². The van der Waals surface area contributed by atoms with E-state index >= 15 is 0 Å². The van der Waals surface area contributed by atoms with Gasteiger partial charge in [0.05, 0.1) is 0 Å². The quantitative estimate of drug-likeness (QED) is 0.758. The molecule has 120 valence electrons. The smallest absolute Gasteiger partial charge is 0.332 e. The van der Waals surface area contributed by atoms with Crippen LogP contribution in [0.4, 0.5) is 5.82 Å². The number of hydrogen-bond donors (Lipinski definition) is 1. The van der Waals surface area contributed by atoms with Gasteiger partial charge < -0.3 is 5.32 Å². The number of hydrogen-bond acceptors (Lipinski definition) is 5. The van der Waals surface area contributed by atoms with Crippen LogP contribution in [0, 0.1) is 0 Å². The Hall–Kier alpha value is -2.38. The van der Waals surface area contributed by atoms with Gasteiger partial charge in [0.15, 0.2) is 5.65 Å². The molecular formula is C14H21N5O3. The molecule has 0 aliphatic carbocycles.